The molecule has 0 unspecified atom stereocenters. The quantitative estimate of drug-likeness (QED) is 0.551. The zero-order valence-corrected chi connectivity index (χ0v) is 15.2. The molecular formula is C21H19FN6. The van der Waals surface area contributed by atoms with Gasteiger partial charge in [0.05, 0.1) is 23.8 Å². The van der Waals surface area contributed by atoms with Gasteiger partial charge in [-0.1, -0.05) is 12.1 Å². The number of piperazine rings is 1. The van der Waals surface area contributed by atoms with E-state index in [0.29, 0.717) is 16.9 Å². The highest BCUT2D eigenvalue weighted by atomic mass is 19.1. The largest absolute Gasteiger partial charge is 0.367 e. The molecule has 0 saturated carbocycles. The first-order valence-electron chi connectivity index (χ1n) is 9.29. The van der Waals surface area contributed by atoms with Crippen molar-refractivity contribution in [2.45, 2.75) is 0 Å². The Kier molecular flexibility index (Phi) is 4.12. The summed E-state index contributed by atoms with van der Waals surface area (Å²) in [6.45, 7) is 3.44. The van der Waals surface area contributed by atoms with E-state index in [-0.39, 0.29) is 5.82 Å². The minimum atomic E-state index is -0.272. The molecule has 140 valence electrons. The third-order valence-electron chi connectivity index (χ3n) is 5.11. The maximum Gasteiger partial charge on any atom is 0.157 e. The lowest BCUT2D eigenvalue weighted by Gasteiger charge is -2.37. The van der Waals surface area contributed by atoms with Gasteiger partial charge in [-0.15, -0.1) is 0 Å². The van der Waals surface area contributed by atoms with Crippen LogP contribution in [0.2, 0.25) is 0 Å². The number of hydrogen-bond donors (Lipinski definition) is 0. The second-order valence-electron chi connectivity index (χ2n) is 6.77. The molecule has 1 aromatic carbocycles. The van der Waals surface area contributed by atoms with Gasteiger partial charge in [-0.05, 0) is 24.3 Å². The van der Waals surface area contributed by atoms with Crippen molar-refractivity contribution in [3.63, 3.8) is 0 Å². The second-order valence-corrected chi connectivity index (χ2v) is 6.77. The van der Waals surface area contributed by atoms with Gasteiger partial charge in [0.2, 0.25) is 0 Å². The predicted molar refractivity (Wildman–Crippen MR) is 107 cm³/mol. The molecule has 4 aromatic rings. The summed E-state index contributed by atoms with van der Waals surface area (Å²) in [7, 11) is 0. The van der Waals surface area contributed by atoms with Crippen molar-refractivity contribution in [1.82, 2.24) is 19.6 Å². The van der Waals surface area contributed by atoms with Crippen LogP contribution in [0.25, 0.3) is 16.9 Å². The highest BCUT2D eigenvalue weighted by molar-refractivity contribution is 5.67. The molecular weight excluding hydrogens is 355 g/mol. The van der Waals surface area contributed by atoms with Gasteiger partial charge in [-0.2, -0.15) is 9.61 Å². The number of hydrogen-bond acceptors (Lipinski definition) is 5. The Morgan fingerprint density at radius 2 is 1.68 bits per heavy atom. The zero-order valence-electron chi connectivity index (χ0n) is 15.2. The summed E-state index contributed by atoms with van der Waals surface area (Å²) >= 11 is 0. The summed E-state index contributed by atoms with van der Waals surface area (Å²) in [4.78, 5) is 13.4. The normalized spacial score (nSPS) is 14.6. The Morgan fingerprint density at radius 3 is 2.46 bits per heavy atom. The minimum Gasteiger partial charge on any atom is -0.367 e. The standard InChI is InChI=1S/C21H19FN6/c22-18-6-2-1-5-17(18)19-14-21(28-20(25-19)7-9-24-28)27-12-10-26(11-13-27)16-4-3-8-23-15-16/h1-9,14-15H,10-13H2. The smallest absolute Gasteiger partial charge is 0.157 e. The Morgan fingerprint density at radius 1 is 0.857 bits per heavy atom. The molecule has 0 bridgehead atoms. The van der Waals surface area contributed by atoms with Crippen molar-refractivity contribution >= 4 is 17.2 Å². The first-order valence-corrected chi connectivity index (χ1v) is 9.29. The highest BCUT2D eigenvalue weighted by Gasteiger charge is 2.21. The maximum absolute atomic E-state index is 14.3. The Hall–Kier alpha value is -3.48. The van der Waals surface area contributed by atoms with E-state index in [2.05, 4.69) is 30.9 Å². The van der Waals surface area contributed by atoms with Crippen LogP contribution in [0, 0.1) is 5.82 Å². The molecule has 1 fully saturated rings. The average molecular weight is 374 g/mol. The molecule has 7 heteroatoms. The number of halogens is 1. The average Bonchev–Trinajstić information content (AvgIpc) is 3.23. The number of nitrogens with zero attached hydrogens (tertiary/aromatic N) is 6. The molecule has 1 aliphatic heterocycles. The fraction of sp³-hybridized carbons (Fsp3) is 0.190. The van der Waals surface area contributed by atoms with Gasteiger partial charge in [-0.25, -0.2) is 9.37 Å². The van der Waals surface area contributed by atoms with E-state index in [1.54, 1.807) is 24.5 Å². The van der Waals surface area contributed by atoms with Gasteiger partial charge in [-0.3, -0.25) is 4.98 Å². The third kappa shape index (κ3) is 2.94. The lowest BCUT2D eigenvalue weighted by atomic mass is 10.1. The summed E-state index contributed by atoms with van der Waals surface area (Å²) in [5.41, 5.74) is 2.97. The number of aromatic nitrogens is 4. The fourth-order valence-electron chi connectivity index (χ4n) is 3.66. The topological polar surface area (TPSA) is 49.6 Å². The van der Waals surface area contributed by atoms with Crippen LogP contribution in [0.5, 0.6) is 0 Å². The van der Waals surface area contributed by atoms with E-state index in [9.17, 15) is 4.39 Å². The summed E-state index contributed by atoms with van der Waals surface area (Å²) < 4.78 is 16.1. The first-order chi connectivity index (χ1) is 13.8. The van der Waals surface area contributed by atoms with Gasteiger partial charge in [0.15, 0.2) is 5.65 Å². The maximum atomic E-state index is 14.3. The Labute approximate surface area is 161 Å². The number of rotatable bonds is 3. The van der Waals surface area contributed by atoms with Crippen LogP contribution in [-0.4, -0.2) is 45.8 Å². The van der Waals surface area contributed by atoms with Crippen LogP contribution in [0.15, 0.2) is 67.1 Å². The van der Waals surface area contributed by atoms with Gasteiger partial charge in [0, 0.05) is 50.1 Å². The lowest BCUT2D eigenvalue weighted by molar-refractivity contribution is 0.629. The number of anilines is 2. The third-order valence-corrected chi connectivity index (χ3v) is 5.11. The number of benzene rings is 1. The molecule has 0 atom stereocenters. The van der Waals surface area contributed by atoms with Crippen molar-refractivity contribution in [3.05, 3.63) is 72.9 Å². The van der Waals surface area contributed by atoms with Crippen molar-refractivity contribution < 1.29 is 4.39 Å². The molecule has 1 saturated heterocycles. The fourth-order valence-corrected chi connectivity index (χ4v) is 3.66. The molecule has 28 heavy (non-hydrogen) atoms. The second kappa shape index (κ2) is 6.92. The summed E-state index contributed by atoms with van der Waals surface area (Å²) in [5, 5.41) is 4.42. The van der Waals surface area contributed by atoms with Crippen LogP contribution in [-0.2, 0) is 0 Å². The molecule has 0 N–H and O–H groups in total. The van der Waals surface area contributed by atoms with E-state index in [1.807, 2.05) is 35.0 Å². The molecule has 4 heterocycles. The molecule has 5 rings (SSSR count). The van der Waals surface area contributed by atoms with Crippen molar-refractivity contribution in [2.24, 2.45) is 0 Å². The van der Waals surface area contributed by atoms with E-state index in [4.69, 9.17) is 0 Å². The Bertz CT molecular complexity index is 1100. The van der Waals surface area contributed by atoms with Gasteiger partial charge in [0.25, 0.3) is 0 Å². The van der Waals surface area contributed by atoms with Gasteiger partial charge >= 0.3 is 0 Å². The minimum absolute atomic E-state index is 0.272. The van der Waals surface area contributed by atoms with E-state index >= 15 is 0 Å². The van der Waals surface area contributed by atoms with Crippen LogP contribution >= 0.6 is 0 Å². The summed E-state index contributed by atoms with van der Waals surface area (Å²) in [5.74, 6) is 0.658. The van der Waals surface area contributed by atoms with E-state index < -0.39 is 0 Å². The molecule has 0 amide bonds. The van der Waals surface area contributed by atoms with Crippen LogP contribution in [0.1, 0.15) is 0 Å². The number of pyridine rings is 1. The molecule has 0 aliphatic carbocycles. The summed E-state index contributed by atoms with van der Waals surface area (Å²) in [6, 6.07) is 14.5. The van der Waals surface area contributed by atoms with Gasteiger partial charge < -0.3 is 9.80 Å². The highest BCUT2D eigenvalue weighted by Crippen LogP contribution is 2.27. The summed E-state index contributed by atoms with van der Waals surface area (Å²) in [6.07, 6.45) is 5.41. The van der Waals surface area contributed by atoms with E-state index in [1.165, 1.54) is 6.07 Å². The lowest BCUT2D eigenvalue weighted by Crippen LogP contribution is -2.47. The number of fused-ring (bicyclic) bond motifs is 1. The molecule has 0 radical (unpaired) electrons. The molecule has 6 nitrogen and oxygen atoms in total. The predicted octanol–water partition coefficient (Wildman–Crippen LogP) is 3.26. The van der Waals surface area contributed by atoms with Crippen LogP contribution < -0.4 is 9.80 Å². The SMILES string of the molecule is Fc1ccccc1-c1cc(N2CCN(c3cccnc3)CC2)n2nccc2n1. The van der Waals surface area contributed by atoms with E-state index in [0.717, 1.165) is 37.7 Å². The first kappa shape index (κ1) is 16.7. The zero-order chi connectivity index (χ0) is 18.9. The molecule has 3 aromatic heterocycles. The van der Waals surface area contributed by atoms with Crippen LogP contribution in [0.4, 0.5) is 15.9 Å². The van der Waals surface area contributed by atoms with Crippen molar-refractivity contribution in [1.29, 1.82) is 0 Å². The molecule has 0 spiro atoms. The van der Waals surface area contributed by atoms with Crippen LogP contribution in [0.3, 0.4) is 0 Å². The molecule has 1 aliphatic rings. The van der Waals surface area contributed by atoms with Gasteiger partial charge in [0.1, 0.15) is 11.6 Å². The monoisotopic (exact) mass is 374 g/mol. The Balaban J connectivity index is 1.48. The van der Waals surface area contributed by atoms with Crippen molar-refractivity contribution in [3.8, 4) is 11.3 Å². The van der Waals surface area contributed by atoms with Crippen molar-refractivity contribution in [2.75, 3.05) is 36.0 Å².